The second kappa shape index (κ2) is 4.66. The number of hydrogen-bond acceptors (Lipinski definition) is 2. The lowest BCUT2D eigenvalue weighted by Crippen LogP contribution is -2.55. The number of benzene rings is 1. The van der Waals surface area contributed by atoms with Gasteiger partial charge in [0, 0.05) is 12.6 Å². The first-order chi connectivity index (χ1) is 7.68. The minimum Gasteiger partial charge on any atom is -0.480 e. The summed E-state index contributed by atoms with van der Waals surface area (Å²) in [5, 5.41) is 9.25. The molecule has 2 rings (SSSR count). The predicted molar refractivity (Wildman–Crippen MR) is 62.4 cm³/mol. The molecule has 1 heterocycles. The van der Waals surface area contributed by atoms with Gasteiger partial charge in [-0.1, -0.05) is 30.3 Å². The van der Waals surface area contributed by atoms with Crippen LogP contribution in [0.5, 0.6) is 0 Å². The number of carboxylic acids is 1. The van der Waals surface area contributed by atoms with Crippen molar-refractivity contribution in [1.82, 2.24) is 4.90 Å². The van der Waals surface area contributed by atoms with Crippen LogP contribution < -0.4 is 0 Å². The summed E-state index contributed by atoms with van der Waals surface area (Å²) >= 11 is 0. The third kappa shape index (κ3) is 2.25. The van der Waals surface area contributed by atoms with Crippen LogP contribution in [0.15, 0.2) is 30.3 Å². The van der Waals surface area contributed by atoms with Crippen molar-refractivity contribution >= 4 is 5.97 Å². The van der Waals surface area contributed by atoms with Gasteiger partial charge < -0.3 is 5.11 Å². The van der Waals surface area contributed by atoms with E-state index < -0.39 is 5.97 Å². The summed E-state index contributed by atoms with van der Waals surface area (Å²) in [6.45, 7) is 3.00. The number of aliphatic carboxylic acids is 1. The minimum absolute atomic E-state index is 0.369. The maximum absolute atomic E-state index is 11.2. The van der Waals surface area contributed by atoms with E-state index in [1.54, 1.807) is 0 Å². The Morgan fingerprint density at radius 1 is 1.50 bits per heavy atom. The second-order valence-electron chi connectivity index (χ2n) is 4.42. The quantitative estimate of drug-likeness (QED) is 0.839. The van der Waals surface area contributed by atoms with E-state index in [0.717, 1.165) is 18.5 Å². The zero-order valence-corrected chi connectivity index (χ0v) is 9.47. The van der Waals surface area contributed by atoms with E-state index in [4.69, 9.17) is 0 Å². The van der Waals surface area contributed by atoms with Gasteiger partial charge in [-0.15, -0.1) is 0 Å². The highest BCUT2D eigenvalue weighted by Crippen LogP contribution is 2.22. The number of carbonyl (C=O) groups is 1. The summed E-state index contributed by atoms with van der Waals surface area (Å²) in [5.74, 6) is -0.713. The molecule has 0 aromatic heterocycles. The van der Waals surface area contributed by atoms with E-state index in [2.05, 4.69) is 11.8 Å². The molecule has 0 bridgehead atoms. The highest BCUT2D eigenvalue weighted by molar-refractivity contribution is 5.74. The van der Waals surface area contributed by atoms with Crippen LogP contribution in [0.3, 0.4) is 0 Å². The van der Waals surface area contributed by atoms with Crippen molar-refractivity contribution in [3.63, 3.8) is 0 Å². The third-order valence-corrected chi connectivity index (χ3v) is 3.33. The minimum atomic E-state index is -0.713. The van der Waals surface area contributed by atoms with Gasteiger partial charge in [0.25, 0.3) is 0 Å². The second-order valence-corrected chi connectivity index (χ2v) is 4.42. The summed E-state index contributed by atoms with van der Waals surface area (Å²) in [6.07, 6.45) is 1.71. The topological polar surface area (TPSA) is 40.5 Å². The molecule has 0 spiro atoms. The van der Waals surface area contributed by atoms with Gasteiger partial charge >= 0.3 is 5.97 Å². The summed E-state index contributed by atoms with van der Waals surface area (Å²) in [5.41, 5.74) is 1.09. The molecule has 1 aliphatic rings. The first-order valence-corrected chi connectivity index (χ1v) is 5.71. The van der Waals surface area contributed by atoms with E-state index in [9.17, 15) is 9.90 Å². The van der Waals surface area contributed by atoms with Crippen LogP contribution in [-0.4, -0.2) is 34.6 Å². The van der Waals surface area contributed by atoms with Crippen LogP contribution in [-0.2, 0) is 11.2 Å². The Kier molecular flexibility index (Phi) is 3.25. The highest BCUT2D eigenvalue weighted by Gasteiger charge is 2.34. The SMILES string of the molecule is CC1CCN1C(Cc1ccccc1)C(=O)O. The molecule has 2 atom stereocenters. The van der Waals surface area contributed by atoms with Crippen LogP contribution in [0.25, 0.3) is 0 Å². The molecule has 1 saturated heterocycles. The molecule has 16 heavy (non-hydrogen) atoms. The Bertz CT molecular complexity index is 363. The lowest BCUT2D eigenvalue weighted by Gasteiger charge is -2.42. The number of nitrogens with zero attached hydrogens (tertiary/aromatic N) is 1. The first-order valence-electron chi connectivity index (χ1n) is 5.71. The fourth-order valence-corrected chi connectivity index (χ4v) is 2.18. The normalized spacial score (nSPS) is 22.4. The largest absolute Gasteiger partial charge is 0.480 e. The van der Waals surface area contributed by atoms with Crippen LogP contribution >= 0.6 is 0 Å². The van der Waals surface area contributed by atoms with E-state index >= 15 is 0 Å². The molecular formula is C13H17NO2. The molecule has 0 saturated carbocycles. The van der Waals surface area contributed by atoms with Crippen molar-refractivity contribution in [2.45, 2.75) is 31.8 Å². The van der Waals surface area contributed by atoms with Crippen molar-refractivity contribution in [1.29, 1.82) is 0 Å². The molecule has 1 aliphatic heterocycles. The Hall–Kier alpha value is -1.35. The lowest BCUT2D eigenvalue weighted by molar-refractivity contribution is -0.146. The molecular weight excluding hydrogens is 202 g/mol. The smallest absolute Gasteiger partial charge is 0.321 e. The van der Waals surface area contributed by atoms with Crippen LogP contribution in [0.2, 0.25) is 0 Å². The maximum Gasteiger partial charge on any atom is 0.321 e. The monoisotopic (exact) mass is 219 g/mol. The van der Waals surface area contributed by atoms with Crippen molar-refractivity contribution < 1.29 is 9.90 Å². The van der Waals surface area contributed by atoms with Gasteiger partial charge in [0.15, 0.2) is 0 Å². The lowest BCUT2D eigenvalue weighted by atomic mass is 9.97. The third-order valence-electron chi connectivity index (χ3n) is 3.33. The van der Waals surface area contributed by atoms with Gasteiger partial charge in [0.1, 0.15) is 6.04 Å². The van der Waals surface area contributed by atoms with Gasteiger partial charge in [-0.3, -0.25) is 9.69 Å². The van der Waals surface area contributed by atoms with E-state index in [0.29, 0.717) is 12.5 Å². The number of rotatable bonds is 4. The summed E-state index contributed by atoms with van der Waals surface area (Å²) in [6, 6.07) is 9.87. The summed E-state index contributed by atoms with van der Waals surface area (Å²) in [4.78, 5) is 13.3. The number of likely N-dealkylation sites (tertiary alicyclic amines) is 1. The molecule has 3 nitrogen and oxygen atoms in total. The standard InChI is InChI=1S/C13H17NO2/c1-10-7-8-14(10)12(13(15)16)9-11-5-3-2-4-6-11/h2-6,10,12H,7-9H2,1H3,(H,15,16). The van der Waals surface area contributed by atoms with Crippen molar-refractivity contribution in [3.05, 3.63) is 35.9 Å². The average Bonchev–Trinajstić information content (AvgIpc) is 2.27. The Labute approximate surface area is 95.7 Å². The molecule has 0 aliphatic carbocycles. The summed E-state index contributed by atoms with van der Waals surface area (Å²) in [7, 11) is 0. The van der Waals surface area contributed by atoms with Crippen LogP contribution in [0.1, 0.15) is 18.9 Å². The molecule has 1 aromatic carbocycles. The Morgan fingerprint density at radius 2 is 2.19 bits per heavy atom. The summed E-state index contributed by atoms with van der Waals surface area (Å²) < 4.78 is 0. The number of hydrogen-bond donors (Lipinski definition) is 1. The van der Waals surface area contributed by atoms with Crippen molar-refractivity contribution in [2.75, 3.05) is 6.54 Å². The van der Waals surface area contributed by atoms with Gasteiger partial charge in [0.05, 0.1) is 0 Å². The molecule has 86 valence electrons. The zero-order chi connectivity index (χ0) is 11.5. The van der Waals surface area contributed by atoms with Crippen molar-refractivity contribution in [3.8, 4) is 0 Å². The van der Waals surface area contributed by atoms with Gasteiger partial charge in [-0.05, 0) is 25.3 Å². The fraction of sp³-hybridized carbons (Fsp3) is 0.462. The Balaban J connectivity index is 2.06. The van der Waals surface area contributed by atoms with E-state index in [1.807, 2.05) is 30.3 Å². The molecule has 1 fully saturated rings. The van der Waals surface area contributed by atoms with Crippen LogP contribution in [0, 0.1) is 0 Å². The van der Waals surface area contributed by atoms with Gasteiger partial charge in [-0.25, -0.2) is 0 Å². The van der Waals surface area contributed by atoms with Gasteiger partial charge in [-0.2, -0.15) is 0 Å². The maximum atomic E-state index is 11.2. The molecule has 0 radical (unpaired) electrons. The predicted octanol–water partition coefficient (Wildman–Crippen LogP) is 1.78. The van der Waals surface area contributed by atoms with Gasteiger partial charge in [0.2, 0.25) is 0 Å². The number of carboxylic acid groups (broad SMARTS) is 1. The first kappa shape index (κ1) is 11.1. The molecule has 2 unspecified atom stereocenters. The van der Waals surface area contributed by atoms with Crippen LogP contribution in [0.4, 0.5) is 0 Å². The molecule has 0 amide bonds. The van der Waals surface area contributed by atoms with E-state index in [-0.39, 0.29) is 6.04 Å². The van der Waals surface area contributed by atoms with Crippen molar-refractivity contribution in [2.24, 2.45) is 0 Å². The van der Waals surface area contributed by atoms with E-state index in [1.165, 1.54) is 0 Å². The highest BCUT2D eigenvalue weighted by atomic mass is 16.4. The average molecular weight is 219 g/mol. The Morgan fingerprint density at radius 3 is 2.62 bits per heavy atom. The fourth-order valence-electron chi connectivity index (χ4n) is 2.18. The molecule has 1 aromatic rings. The zero-order valence-electron chi connectivity index (χ0n) is 9.47. The molecule has 1 N–H and O–H groups in total. The molecule has 3 heteroatoms.